The number of ketones is 1. The summed E-state index contributed by atoms with van der Waals surface area (Å²) >= 11 is 2.46. The van der Waals surface area contributed by atoms with Crippen molar-refractivity contribution < 1.29 is 24.7 Å². The average Bonchev–Trinajstić information content (AvgIpc) is 3.04. The average molecular weight is 394 g/mol. The molecule has 0 saturated carbocycles. The van der Waals surface area contributed by atoms with Crippen LogP contribution in [0.2, 0.25) is 0 Å². The van der Waals surface area contributed by atoms with E-state index in [0.717, 1.165) is 11.3 Å². The first-order chi connectivity index (χ1) is 12.4. The Morgan fingerprint density at radius 3 is 2.81 bits per heavy atom. The van der Waals surface area contributed by atoms with Crippen molar-refractivity contribution in [2.45, 2.75) is 11.8 Å². The number of allylic oxidation sites excluding steroid dienone is 1. The van der Waals surface area contributed by atoms with E-state index in [2.05, 4.69) is 16.7 Å². The van der Waals surface area contributed by atoms with Gasteiger partial charge in [0.2, 0.25) is 5.91 Å². The summed E-state index contributed by atoms with van der Waals surface area (Å²) in [6.07, 6.45) is 1.21. The molecule has 0 aliphatic carbocycles. The van der Waals surface area contributed by atoms with Gasteiger partial charge in [-0.15, -0.1) is 23.1 Å². The number of thiazole rings is 1. The van der Waals surface area contributed by atoms with Gasteiger partial charge >= 0.3 is 5.97 Å². The molecule has 1 fully saturated rings. The molecule has 0 bridgehead atoms. The third-order valence-electron chi connectivity index (χ3n) is 4.09. The van der Waals surface area contributed by atoms with Gasteiger partial charge in [-0.2, -0.15) is 0 Å². The largest absolute Gasteiger partial charge is 0.477 e. The van der Waals surface area contributed by atoms with Crippen LogP contribution >= 0.6 is 23.1 Å². The molecule has 26 heavy (non-hydrogen) atoms. The summed E-state index contributed by atoms with van der Waals surface area (Å²) in [5.41, 5.74) is 5.75. The number of hydrogen-bond acceptors (Lipinski definition) is 9. The molecule has 11 heteroatoms. The number of carboxylic acid groups (broad SMARTS) is 1. The van der Waals surface area contributed by atoms with Crippen LogP contribution in [0.5, 0.6) is 0 Å². The summed E-state index contributed by atoms with van der Waals surface area (Å²) in [6.45, 7) is 3.58. The predicted molar refractivity (Wildman–Crippen MR) is 95.9 cm³/mol. The minimum Gasteiger partial charge on any atom is -0.477 e. The second-order valence-corrected chi connectivity index (χ2v) is 7.54. The summed E-state index contributed by atoms with van der Waals surface area (Å²) in [4.78, 5) is 41.5. The zero-order valence-corrected chi connectivity index (χ0v) is 14.9. The van der Waals surface area contributed by atoms with Crippen LogP contribution in [-0.2, 0) is 14.4 Å². The van der Waals surface area contributed by atoms with Crippen LogP contribution in [0.4, 0.5) is 5.13 Å². The molecule has 0 radical (unpaired) electrons. The maximum Gasteiger partial charge on any atom is 0.352 e. The molecule has 0 aromatic carbocycles. The number of carboxylic acids is 1. The topological polar surface area (TPSA) is 146 Å². The molecule has 2 aliphatic rings. The van der Waals surface area contributed by atoms with Crippen LogP contribution in [0.3, 0.4) is 0 Å². The van der Waals surface area contributed by atoms with Crippen LogP contribution in [0.15, 0.2) is 34.5 Å². The normalized spacial score (nSPS) is 22.7. The van der Waals surface area contributed by atoms with Gasteiger partial charge in [-0.3, -0.25) is 14.5 Å². The first-order valence-corrected chi connectivity index (χ1v) is 9.32. The number of aliphatic carboxylic acids is 1. The summed E-state index contributed by atoms with van der Waals surface area (Å²) in [5.74, 6) is -2.54. The van der Waals surface area contributed by atoms with Crippen molar-refractivity contribution >= 4 is 51.6 Å². The van der Waals surface area contributed by atoms with Crippen LogP contribution in [0.25, 0.3) is 0 Å². The first kappa shape index (κ1) is 18.1. The fraction of sp³-hybridized carbons (Fsp3) is 0.267. The van der Waals surface area contributed by atoms with Gasteiger partial charge in [-0.1, -0.05) is 17.8 Å². The van der Waals surface area contributed by atoms with Crippen molar-refractivity contribution in [3.63, 3.8) is 0 Å². The highest BCUT2D eigenvalue weighted by Gasteiger charge is 2.53. The molecule has 3 rings (SSSR count). The Bertz CT molecular complexity index is 875. The maximum absolute atomic E-state index is 12.5. The molecular weight excluding hydrogens is 380 g/mol. The van der Waals surface area contributed by atoms with Crippen LogP contribution in [0, 0.1) is 5.92 Å². The van der Waals surface area contributed by atoms with Crippen LogP contribution in [0.1, 0.15) is 12.1 Å². The van der Waals surface area contributed by atoms with Crippen molar-refractivity contribution in [1.82, 2.24) is 9.88 Å². The Balaban J connectivity index is 1.78. The van der Waals surface area contributed by atoms with E-state index < -0.39 is 29.0 Å². The summed E-state index contributed by atoms with van der Waals surface area (Å²) in [5, 5.41) is 22.7. The summed E-state index contributed by atoms with van der Waals surface area (Å²) in [7, 11) is 0. The van der Waals surface area contributed by atoms with Crippen molar-refractivity contribution in [3.8, 4) is 0 Å². The van der Waals surface area contributed by atoms with Crippen molar-refractivity contribution in [2.75, 3.05) is 11.5 Å². The number of Topliss-reactive ketones (excluding diaryl/α,β-unsaturated/α-hetero) is 1. The van der Waals surface area contributed by atoms with Gasteiger partial charge in [0.15, 0.2) is 16.6 Å². The molecule has 9 nitrogen and oxygen atoms in total. The number of carbonyl (C=O) groups is 3. The smallest absolute Gasteiger partial charge is 0.352 e. The summed E-state index contributed by atoms with van der Waals surface area (Å²) < 4.78 is 0. The number of fused-ring (bicyclic) bond motifs is 1. The molecule has 1 saturated heterocycles. The molecule has 2 atom stereocenters. The van der Waals surface area contributed by atoms with Crippen LogP contribution < -0.4 is 5.73 Å². The number of oxime groups is 1. The van der Waals surface area contributed by atoms with Gasteiger partial charge < -0.3 is 16.0 Å². The van der Waals surface area contributed by atoms with Gasteiger partial charge in [0, 0.05) is 17.6 Å². The van der Waals surface area contributed by atoms with Gasteiger partial charge in [0.1, 0.15) is 11.4 Å². The van der Waals surface area contributed by atoms with Gasteiger partial charge in [0.25, 0.3) is 0 Å². The quantitative estimate of drug-likeness (QED) is 0.279. The number of aromatic nitrogens is 1. The number of nitrogens with zero attached hydrogens (tertiary/aromatic N) is 3. The van der Waals surface area contributed by atoms with Crippen molar-refractivity contribution in [2.24, 2.45) is 11.1 Å². The second kappa shape index (κ2) is 6.92. The molecule has 2 aliphatic heterocycles. The molecule has 0 spiro atoms. The summed E-state index contributed by atoms with van der Waals surface area (Å²) in [6, 6.07) is 0. The molecule has 3 heterocycles. The van der Waals surface area contributed by atoms with E-state index in [0.29, 0.717) is 11.3 Å². The Morgan fingerprint density at radius 2 is 2.27 bits per heavy atom. The zero-order valence-electron chi connectivity index (χ0n) is 13.3. The van der Waals surface area contributed by atoms with E-state index in [9.17, 15) is 19.5 Å². The minimum absolute atomic E-state index is 0.0965. The Hall–Kier alpha value is -2.66. The molecule has 1 aromatic heterocycles. The van der Waals surface area contributed by atoms with E-state index in [1.54, 1.807) is 0 Å². The molecule has 4 N–H and O–H groups in total. The highest BCUT2D eigenvalue weighted by molar-refractivity contribution is 8.00. The third-order valence-corrected chi connectivity index (χ3v) is 6.12. The molecule has 1 amide bonds. The number of nitrogen functional groups attached to an aromatic ring is 1. The van der Waals surface area contributed by atoms with E-state index in [-0.39, 0.29) is 28.7 Å². The van der Waals surface area contributed by atoms with E-state index in [4.69, 9.17) is 10.9 Å². The zero-order chi connectivity index (χ0) is 19.0. The molecular formula is C15H14N4O5S2. The second-order valence-electron chi connectivity index (χ2n) is 5.55. The lowest BCUT2D eigenvalue weighted by molar-refractivity contribution is -0.153. The SMILES string of the molecule is C=CC1=C(C(=O)O)N2C(=O)C(CC(=O)/C(=N/O)c3csc(N)n3)C2SC1. The molecule has 2 unspecified atom stereocenters. The third kappa shape index (κ3) is 2.88. The number of amides is 1. The highest BCUT2D eigenvalue weighted by atomic mass is 32.2. The highest BCUT2D eigenvalue weighted by Crippen LogP contribution is 2.45. The Morgan fingerprint density at radius 1 is 1.54 bits per heavy atom. The van der Waals surface area contributed by atoms with Gasteiger partial charge in [-0.25, -0.2) is 9.78 Å². The Kier molecular flexibility index (Phi) is 4.83. The number of rotatable bonds is 6. The number of thioether (sulfide) groups is 1. The fourth-order valence-electron chi connectivity index (χ4n) is 2.88. The standard InChI is InChI=1S/C15H14N4O5S2/c1-2-6-4-25-13-7(12(21)19(13)11(6)14(22)23)3-9(20)10(18-24)8-5-26-15(16)17-8/h2,5,7,13,24H,1,3-4H2,(H2,16,17)(H,22,23)/b18-10+. The van der Waals surface area contributed by atoms with E-state index >= 15 is 0 Å². The lowest BCUT2D eigenvalue weighted by atomic mass is 9.89. The predicted octanol–water partition coefficient (Wildman–Crippen LogP) is 0.919. The van der Waals surface area contributed by atoms with Crippen LogP contribution in [-0.4, -0.2) is 54.7 Å². The van der Waals surface area contributed by atoms with Gasteiger partial charge in [-0.05, 0) is 5.57 Å². The van der Waals surface area contributed by atoms with Gasteiger partial charge in [0.05, 0.1) is 11.3 Å². The number of hydrogen-bond donors (Lipinski definition) is 3. The van der Waals surface area contributed by atoms with E-state index in [1.807, 2.05) is 0 Å². The van der Waals surface area contributed by atoms with Crippen molar-refractivity contribution in [1.29, 1.82) is 0 Å². The molecule has 136 valence electrons. The number of carbonyl (C=O) groups excluding carboxylic acids is 2. The van der Waals surface area contributed by atoms with Crippen molar-refractivity contribution in [3.05, 3.63) is 35.0 Å². The Labute approximate surface area is 155 Å². The molecule has 1 aromatic rings. The lowest BCUT2D eigenvalue weighted by Gasteiger charge is -2.49. The lowest BCUT2D eigenvalue weighted by Crippen LogP contribution is -2.62. The number of nitrogens with two attached hydrogens (primary N) is 1. The number of β-lactam (4-membered cyclic amide) rings is 1. The minimum atomic E-state index is -1.21. The number of anilines is 1. The van der Waals surface area contributed by atoms with E-state index in [1.165, 1.54) is 28.1 Å². The first-order valence-electron chi connectivity index (χ1n) is 7.39. The monoisotopic (exact) mass is 394 g/mol. The fourth-order valence-corrected chi connectivity index (χ4v) is 4.83. The maximum atomic E-state index is 12.5.